The van der Waals surface area contributed by atoms with Gasteiger partial charge in [0.25, 0.3) is 5.79 Å². The fourth-order valence-corrected chi connectivity index (χ4v) is 6.31. The van der Waals surface area contributed by atoms with E-state index in [1.54, 1.807) is 0 Å². The summed E-state index contributed by atoms with van der Waals surface area (Å²) in [6.45, 7) is 0.510. The third kappa shape index (κ3) is 12.0. The van der Waals surface area contributed by atoms with E-state index in [1.807, 2.05) is 0 Å². The summed E-state index contributed by atoms with van der Waals surface area (Å²) in [5.74, 6) is -5.78. The van der Waals surface area contributed by atoms with Crippen molar-refractivity contribution in [3.05, 3.63) is 0 Å². The number of aliphatic carboxylic acids is 1. The first-order chi connectivity index (χ1) is 24.2. The van der Waals surface area contributed by atoms with E-state index < -0.39 is 136 Å². The summed E-state index contributed by atoms with van der Waals surface area (Å²) in [5.41, 5.74) is 0. The molecule has 298 valence electrons. The average Bonchev–Trinajstić information content (AvgIpc) is 3.10. The molecule has 52 heavy (non-hydrogen) atoms. The molecule has 3 heterocycles. The van der Waals surface area contributed by atoms with Gasteiger partial charge in [-0.15, -0.1) is 0 Å². The third-order valence-corrected chi connectivity index (χ3v) is 9.15. The Morgan fingerprint density at radius 1 is 0.885 bits per heavy atom. The fraction of sp³-hybridized carbons (Fsp3) is 0.935. The molecule has 0 aromatic heterocycles. The second-order valence-corrected chi connectivity index (χ2v) is 13.0. The molecule has 0 radical (unpaired) electrons. The van der Waals surface area contributed by atoms with Gasteiger partial charge < -0.3 is 89.7 Å². The molecule has 0 unspecified atom stereocenters. The number of carbonyl (C=O) groups is 1. The molecule has 0 aromatic rings. The fourth-order valence-electron chi connectivity index (χ4n) is 6.31. The van der Waals surface area contributed by atoms with Gasteiger partial charge in [0, 0.05) is 13.0 Å². The van der Waals surface area contributed by atoms with Crippen molar-refractivity contribution in [2.45, 2.75) is 156 Å². The van der Waals surface area contributed by atoms with Gasteiger partial charge in [0.1, 0.15) is 73.2 Å². The first-order valence-corrected chi connectivity index (χ1v) is 17.1. The number of aliphatic hydroxyl groups excluding tert-OH is 10. The van der Waals surface area contributed by atoms with Crippen LogP contribution in [-0.4, -0.2) is 192 Å². The van der Waals surface area contributed by atoms with Crippen LogP contribution in [0.3, 0.4) is 0 Å². The molecule has 0 saturated carbocycles. The largest absolute Gasteiger partial charge is 1.00 e. The number of unbranched alkanes of at least 4 members (excludes halogenated alkanes) is 5. The van der Waals surface area contributed by atoms with E-state index in [0.29, 0.717) is 6.42 Å². The summed E-state index contributed by atoms with van der Waals surface area (Å²) < 4.78 is 33.6. The molecule has 20 nitrogen and oxygen atoms in total. The van der Waals surface area contributed by atoms with Crippen molar-refractivity contribution in [2.24, 2.45) is 4.99 Å². The molecule has 21 heteroatoms. The van der Waals surface area contributed by atoms with Crippen LogP contribution in [0.1, 0.15) is 58.8 Å². The normalized spacial score (nSPS) is 39.8. The number of nitrogens with zero attached hydrogens (tertiary/aromatic N) is 1. The molecule has 0 spiro atoms. The quantitative estimate of drug-likeness (QED) is 0.0251. The first kappa shape index (κ1) is 48.1. The van der Waals surface area contributed by atoms with Crippen molar-refractivity contribution in [3.8, 4) is 0 Å². The van der Waals surface area contributed by atoms with E-state index in [4.69, 9.17) is 28.4 Å². The Labute approximate surface area is 343 Å². The van der Waals surface area contributed by atoms with Gasteiger partial charge >= 0.3 is 57.4 Å². The molecular formula is C31H54KNO19. The summed E-state index contributed by atoms with van der Waals surface area (Å²) in [4.78, 5) is 16.2. The van der Waals surface area contributed by atoms with Crippen LogP contribution >= 0.6 is 0 Å². The Hall–Kier alpha value is -0.0636. The van der Waals surface area contributed by atoms with Gasteiger partial charge in [0.2, 0.25) is 0 Å². The second-order valence-electron chi connectivity index (χ2n) is 13.0. The summed E-state index contributed by atoms with van der Waals surface area (Å²) in [5, 5.41) is 127. The maximum Gasteiger partial charge on any atom is 1.00 e. The summed E-state index contributed by atoms with van der Waals surface area (Å²) in [7, 11) is 0. The van der Waals surface area contributed by atoms with E-state index in [2.05, 4.69) is 11.9 Å². The van der Waals surface area contributed by atoms with Crippen LogP contribution in [0.4, 0.5) is 0 Å². The Morgan fingerprint density at radius 2 is 1.44 bits per heavy atom. The van der Waals surface area contributed by atoms with Crippen LogP contribution in [0.25, 0.3) is 0 Å². The van der Waals surface area contributed by atoms with Gasteiger partial charge in [-0.1, -0.05) is 39.0 Å². The van der Waals surface area contributed by atoms with E-state index >= 15 is 0 Å². The third-order valence-electron chi connectivity index (χ3n) is 9.15. The average molecular weight is 784 g/mol. The Morgan fingerprint density at radius 3 is 2.02 bits per heavy atom. The maximum absolute atomic E-state index is 12.6. The van der Waals surface area contributed by atoms with Crippen molar-refractivity contribution in [1.29, 1.82) is 0 Å². The number of carboxylic acids is 1. The van der Waals surface area contributed by atoms with E-state index in [-0.39, 0.29) is 58.0 Å². The van der Waals surface area contributed by atoms with Crippen LogP contribution in [0.2, 0.25) is 0 Å². The van der Waals surface area contributed by atoms with Gasteiger partial charge in [0.15, 0.2) is 12.6 Å². The van der Waals surface area contributed by atoms with Crippen molar-refractivity contribution >= 4 is 11.9 Å². The molecule has 16 atom stereocenters. The molecular weight excluding hydrogens is 729 g/mol. The minimum atomic E-state index is -2.98. The van der Waals surface area contributed by atoms with E-state index in [9.17, 15) is 66.1 Å². The summed E-state index contributed by atoms with van der Waals surface area (Å²) in [6, 6.07) is -1.64. The number of carboxylic acid groups (broad SMARTS) is 1. The molecule has 0 aromatic carbocycles. The number of hydrogen-bond donors (Lipinski definition) is 11. The standard InChI is InChI=1S/C31H55NO19.K/c1-3-4-5-6-7-8-9-46-28-23(42)21(40)25(17(12-34)47-28)49-29-24(43)22(41)26(18(13-35)48-29)50-31(30(44)45)10-15(37)19(32-14(2)36)27(51-31)20(39)16(38)11-33;/h15-29,33-35,37-43H,3-13H2,1-2H3,(H,32,36)(H,44,45);/q;+1/p-1/t15-,16+,17+,18+,19+,20+,21+,22+,23+,24+,25+,26-,27+,28+,29-,31-;/m0./s1. The monoisotopic (exact) mass is 783 g/mol. The van der Waals surface area contributed by atoms with Gasteiger partial charge in [-0.3, -0.25) is 4.99 Å². The van der Waals surface area contributed by atoms with Gasteiger partial charge in [-0.05, 0) is 19.2 Å². The number of aliphatic hydroxyl groups is 10. The van der Waals surface area contributed by atoms with Crippen LogP contribution in [0.5, 0.6) is 0 Å². The number of ether oxygens (including phenoxy) is 6. The molecule has 0 bridgehead atoms. The summed E-state index contributed by atoms with van der Waals surface area (Å²) >= 11 is 0. The Kier molecular flexibility index (Phi) is 20.9. The Bertz CT molecular complexity index is 1090. The van der Waals surface area contributed by atoms with Crippen LogP contribution in [0, 0.1) is 0 Å². The molecule has 11 N–H and O–H groups in total. The van der Waals surface area contributed by atoms with Gasteiger partial charge in [-0.2, -0.15) is 0 Å². The predicted octanol–water partition coefficient (Wildman–Crippen LogP) is -8.19. The van der Waals surface area contributed by atoms with Crippen molar-refractivity contribution < 1.29 is 146 Å². The Balaban J connectivity index is 0.00000936. The van der Waals surface area contributed by atoms with Crippen molar-refractivity contribution in [3.63, 3.8) is 0 Å². The second kappa shape index (κ2) is 22.6. The minimum Gasteiger partial charge on any atom is -0.862 e. The number of rotatable bonds is 19. The number of hydrogen-bond acceptors (Lipinski definition) is 19. The molecule has 0 amide bonds. The zero-order chi connectivity index (χ0) is 38.0. The SMILES string of the molecule is CCCCCCCCO[C@@H]1O[C@H](CO)[C@@H](O[C@@H]2O[C@H](CO)[C@H](O[C@@]3(C(=O)O)C[C@H](O)[C@@H](N=C(C)[O-])[C@H]([C@H](O)[C@H](O)CO)O3)[C@H](O)[C@H]2O)[C@H](O)[C@H]1O.[K+]. The van der Waals surface area contributed by atoms with E-state index in [0.717, 1.165) is 39.0 Å². The maximum atomic E-state index is 12.6. The van der Waals surface area contributed by atoms with Crippen molar-refractivity contribution in [1.82, 2.24) is 0 Å². The molecule has 3 aliphatic heterocycles. The zero-order valence-corrected chi connectivity index (χ0v) is 32.7. The number of aliphatic imine (C=N–C) groups is 1. The molecule has 0 aliphatic carbocycles. The first-order valence-electron chi connectivity index (χ1n) is 17.1. The van der Waals surface area contributed by atoms with Crippen LogP contribution in [-0.2, 0) is 33.2 Å². The van der Waals surface area contributed by atoms with Crippen LogP contribution in [0.15, 0.2) is 4.99 Å². The molecule has 3 fully saturated rings. The van der Waals surface area contributed by atoms with Gasteiger partial charge in [-0.25, -0.2) is 4.79 Å². The topological polar surface area (TPSA) is 330 Å². The predicted molar refractivity (Wildman–Crippen MR) is 166 cm³/mol. The zero-order valence-electron chi connectivity index (χ0n) is 29.6. The van der Waals surface area contributed by atoms with Crippen molar-refractivity contribution in [2.75, 3.05) is 26.4 Å². The minimum absolute atomic E-state index is 0. The van der Waals surface area contributed by atoms with E-state index in [1.165, 1.54) is 0 Å². The van der Waals surface area contributed by atoms with Crippen LogP contribution < -0.4 is 56.5 Å². The molecule has 3 rings (SSSR count). The smallest absolute Gasteiger partial charge is 0.862 e. The molecule has 3 aliphatic rings. The van der Waals surface area contributed by atoms with Gasteiger partial charge in [0.05, 0.1) is 25.9 Å². The summed E-state index contributed by atoms with van der Waals surface area (Å²) in [6.07, 6.45) is -20.6. The molecule has 3 saturated heterocycles.